The van der Waals surface area contributed by atoms with Gasteiger partial charge in [-0.1, -0.05) is 0 Å². The molecule has 0 fully saturated rings. The molecule has 0 bridgehead atoms. The molecule has 0 aromatic heterocycles. The number of anilines is 2. The number of carbonyl (C=O) groups is 1. The van der Waals surface area contributed by atoms with Gasteiger partial charge in [-0.05, 0) is 38.1 Å². The van der Waals surface area contributed by atoms with Gasteiger partial charge >= 0.3 is 0 Å². The van der Waals surface area contributed by atoms with Crippen LogP contribution in [-0.2, 0) is 4.79 Å². The van der Waals surface area contributed by atoms with Gasteiger partial charge in [0.05, 0.1) is 29.9 Å². The van der Waals surface area contributed by atoms with E-state index in [0.29, 0.717) is 17.1 Å². The van der Waals surface area contributed by atoms with Gasteiger partial charge in [0.15, 0.2) is 5.75 Å². The third-order valence-electron chi connectivity index (χ3n) is 4.26. The molecule has 2 aromatic carbocycles. The molecule has 2 rings (SSSR count). The highest BCUT2D eigenvalue weighted by atomic mass is 16.6. The molecule has 10 heteroatoms. The lowest BCUT2D eigenvalue weighted by atomic mass is 10.2. The molecule has 0 aliphatic heterocycles. The molecule has 0 saturated heterocycles. The number of benzene rings is 2. The average Bonchev–Trinajstić information content (AvgIpc) is 2.74. The molecule has 0 radical (unpaired) electrons. The first-order valence-corrected chi connectivity index (χ1v) is 9.23. The summed E-state index contributed by atoms with van der Waals surface area (Å²) >= 11 is 0. The third-order valence-corrected chi connectivity index (χ3v) is 4.26. The van der Waals surface area contributed by atoms with Crippen molar-refractivity contribution in [2.45, 2.75) is 20.3 Å². The van der Waals surface area contributed by atoms with Gasteiger partial charge < -0.3 is 15.0 Å². The minimum absolute atomic E-state index is 0.126. The lowest BCUT2D eigenvalue weighted by molar-refractivity contribution is -0.384. The van der Waals surface area contributed by atoms with E-state index in [2.05, 4.69) is 20.4 Å². The largest absolute Gasteiger partial charge is 0.494 e. The normalized spacial score (nSPS) is 10.5. The second kappa shape index (κ2) is 10.5. The SMILES string of the molecule is CCN(CC)c1ccc(N=Nc2ccc([N+](=O)[O-])cc2OC)c(NC(=O)CC#N)c1. The molecule has 10 nitrogen and oxygen atoms in total. The Hall–Kier alpha value is -4.00. The number of hydrogen-bond acceptors (Lipinski definition) is 8. The van der Waals surface area contributed by atoms with E-state index in [-0.39, 0.29) is 17.9 Å². The smallest absolute Gasteiger partial charge is 0.273 e. The molecule has 2 aromatic rings. The van der Waals surface area contributed by atoms with Crippen molar-refractivity contribution in [2.75, 3.05) is 30.4 Å². The first-order chi connectivity index (χ1) is 14.4. The molecule has 0 aliphatic rings. The van der Waals surface area contributed by atoms with Gasteiger partial charge in [0.2, 0.25) is 5.91 Å². The second-order valence-corrected chi connectivity index (χ2v) is 6.07. The van der Waals surface area contributed by atoms with Crippen molar-refractivity contribution in [1.82, 2.24) is 0 Å². The van der Waals surface area contributed by atoms with E-state index in [9.17, 15) is 14.9 Å². The Balaban J connectivity index is 2.43. The Morgan fingerprint density at radius 1 is 1.20 bits per heavy atom. The van der Waals surface area contributed by atoms with Gasteiger partial charge in [0, 0.05) is 24.8 Å². The summed E-state index contributed by atoms with van der Waals surface area (Å²) in [6.07, 6.45) is -0.289. The maximum Gasteiger partial charge on any atom is 0.273 e. The Bertz CT molecular complexity index is 995. The molecular formula is C20H22N6O4. The van der Waals surface area contributed by atoms with Gasteiger partial charge in [-0.25, -0.2) is 0 Å². The zero-order chi connectivity index (χ0) is 22.1. The van der Waals surface area contributed by atoms with Gasteiger partial charge in [-0.2, -0.15) is 5.26 Å². The highest BCUT2D eigenvalue weighted by molar-refractivity contribution is 5.95. The van der Waals surface area contributed by atoms with E-state index >= 15 is 0 Å². The molecule has 1 N–H and O–H groups in total. The number of methoxy groups -OCH3 is 1. The van der Waals surface area contributed by atoms with E-state index in [0.717, 1.165) is 18.8 Å². The van der Waals surface area contributed by atoms with Crippen molar-refractivity contribution in [3.63, 3.8) is 0 Å². The Kier molecular flexibility index (Phi) is 7.82. The fourth-order valence-corrected chi connectivity index (χ4v) is 2.73. The maximum atomic E-state index is 12.0. The number of rotatable bonds is 9. The standard InChI is InChI=1S/C20H22N6O4/c1-4-25(5-2)14-6-8-16(18(12-14)22-20(27)10-11-21)23-24-17-9-7-15(26(28)29)13-19(17)30-3/h6-9,12-13H,4-5,10H2,1-3H3,(H,22,27). The second-order valence-electron chi connectivity index (χ2n) is 6.07. The summed E-state index contributed by atoms with van der Waals surface area (Å²) in [4.78, 5) is 24.5. The fraction of sp³-hybridized carbons (Fsp3) is 0.300. The van der Waals surface area contributed by atoms with E-state index in [1.165, 1.54) is 25.3 Å². The van der Waals surface area contributed by atoms with Crippen molar-refractivity contribution < 1.29 is 14.5 Å². The van der Waals surface area contributed by atoms with Crippen LogP contribution >= 0.6 is 0 Å². The topological polar surface area (TPSA) is 133 Å². The van der Waals surface area contributed by atoms with Crippen LogP contribution in [0, 0.1) is 21.4 Å². The zero-order valence-corrected chi connectivity index (χ0v) is 17.0. The van der Waals surface area contributed by atoms with Crippen molar-refractivity contribution >= 4 is 34.3 Å². The molecule has 0 saturated carbocycles. The predicted octanol–water partition coefficient (Wildman–Crippen LogP) is 4.72. The third kappa shape index (κ3) is 5.51. The zero-order valence-electron chi connectivity index (χ0n) is 17.0. The number of carbonyl (C=O) groups excluding carboxylic acids is 1. The van der Waals surface area contributed by atoms with Gasteiger partial charge in [0.1, 0.15) is 17.8 Å². The lowest BCUT2D eigenvalue weighted by Gasteiger charge is -2.22. The molecule has 0 spiro atoms. The van der Waals surface area contributed by atoms with E-state index < -0.39 is 10.8 Å². The van der Waals surface area contributed by atoms with Crippen LogP contribution in [-0.4, -0.2) is 31.0 Å². The maximum absolute atomic E-state index is 12.0. The summed E-state index contributed by atoms with van der Waals surface area (Å²) in [6.45, 7) is 5.60. The van der Waals surface area contributed by atoms with Crippen LogP contribution in [0.3, 0.4) is 0 Å². The number of hydrogen-bond donors (Lipinski definition) is 1. The Labute approximate surface area is 173 Å². The molecule has 0 atom stereocenters. The van der Waals surface area contributed by atoms with Crippen LogP contribution in [0.25, 0.3) is 0 Å². The summed E-state index contributed by atoms with van der Waals surface area (Å²) in [5, 5.41) is 30.7. The number of nitrogens with zero attached hydrogens (tertiary/aromatic N) is 5. The first-order valence-electron chi connectivity index (χ1n) is 9.23. The summed E-state index contributed by atoms with van der Waals surface area (Å²) in [5.41, 5.74) is 1.84. The van der Waals surface area contributed by atoms with Crippen molar-refractivity contribution in [2.24, 2.45) is 10.2 Å². The lowest BCUT2D eigenvalue weighted by Crippen LogP contribution is -2.22. The van der Waals surface area contributed by atoms with Crippen LogP contribution in [0.5, 0.6) is 5.75 Å². The van der Waals surface area contributed by atoms with Crippen LogP contribution in [0.1, 0.15) is 20.3 Å². The van der Waals surface area contributed by atoms with E-state index in [1.807, 2.05) is 19.9 Å². The highest BCUT2D eigenvalue weighted by Crippen LogP contribution is 2.35. The number of non-ortho nitro benzene ring substituents is 1. The molecule has 0 aliphatic carbocycles. The predicted molar refractivity (Wildman–Crippen MR) is 113 cm³/mol. The summed E-state index contributed by atoms with van der Waals surface area (Å²) in [5.74, 6) is -0.263. The average molecular weight is 410 g/mol. The van der Waals surface area contributed by atoms with Crippen molar-refractivity contribution in [1.29, 1.82) is 5.26 Å². The summed E-state index contributed by atoms with van der Waals surface area (Å²) < 4.78 is 5.16. The van der Waals surface area contributed by atoms with E-state index in [1.54, 1.807) is 18.2 Å². The quantitative estimate of drug-likeness (QED) is 0.361. The van der Waals surface area contributed by atoms with E-state index in [4.69, 9.17) is 10.00 Å². The number of nitrogens with one attached hydrogen (secondary N) is 1. The number of nitro groups is 1. The molecule has 0 unspecified atom stereocenters. The van der Waals surface area contributed by atoms with Crippen LogP contribution in [0.2, 0.25) is 0 Å². The van der Waals surface area contributed by atoms with Crippen molar-refractivity contribution in [3.05, 3.63) is 46.5 Å². The number of nitro benzene ring substituents is 1. The Morgan fingerprint density at radius 2 is 1.87 bits per heavy atom. The molecular weight excluding hydrogens is 388 g/mol. The number of amides is 1. The number of azo groups is 1. The molecule has 156 valence electrons. The van der Waals surface area contributed by atoms with Crippen molar-refractivity contribution in [3.8, 4) is 11.8 Å². The Morgan fingerprint density at radius 3 is 2.47 bits per heavy atom. The molecule has 0 heterocycles. The minimum atomic E-state index is -0.530. The van der Waals surface area contributed by atoms with Crippen LogP contribution < -0.4 is 15.0 Å². The number of nitriles is 1. The van der Waals surface area contributed by atoms with Gasteiger partial charge in [-0.15, -0.1) is 10.2 Å². The van der Waals surface area contributed by atoms with Crippen LogP contribution in [0.15, 0.2) is 46.6 Å². The highest BCUT2D eigenvalue weighted by Gasteiger charge is 2.13. The number of ether oxygens (including phenoxy) is 1. The van der Waals surface area contributed by atoms with Gasteiger partial charge in [-0.3, -0.25) is 14.9 Å². The fourth-order valence-electron chi connectivity index (χ4n) is 2.73. The van der Waals surface area contributed by atoms with Crippen LogP contribution in [0.4, 0.5) is 28.4 Å². The minimum Gasteiger partial charge on any atom is -0.494 e. The summed E-state index contributed by atoms with van der Waals surface area (Å²) in [6, 6.07) is 11.1. The molecule has 1 amide bonds. The monoisotopic (exact) mass is 410 g/mol. The first kappa shape index (κ1) is 22.3. The molecule has 30 heavy (non-hydrogen) atoms. The summed E-state index contributed by atoms with van der Waals surface area (Å²) in [7, 11) is 1.38. The van der Waals surface area contributed by atoms with Gasteiger partial charge in [0.25, 0.3) is 5.69 Å².